The molecule has 5 nitrogen and oxygen atoms in total. The van der Waals surface area contributed by atoms with Gasteiger partial charge in [-0.25, -0.2) is 4.98 Å². The van der Waals surface area contributed by atoms with E-state index in [1.807, 2.05) is 30.3 Å². The molecule has 0 spiro atoms. The zero-order valence-electron chi connectivity index (χ0n) is 16.6. The lowest BCUT2D eigenvalue weighted by Crippen LogP contribution is -2.22. The van der Waals surface area contributed by atoms with Crippen LogP contribution >= 0.6 is 0 Å². The molecule has 0 saturated carbocycles. The largest absolute Gasteiger partial charge is 0.491 e. The number of fused-ring (bicyclic) bond motifs is 1. The summed E-state index contributed by atoms with van der Waals surface area (Å²) in [6.45, 7) is 9.55. The molecular weight excluding hydrogens is 350 g/mol. The van der Waals surface area contributed by atoms with Crippen molar-refractivity contribution in [2.75, 3.05) is 13.2 Å². The third-order valence-corrected chi connectivity index (χ3v) is 4.92. The van der Waals surface area contributed by atoms with Crippen molar-refractivity contribution in [2.45, 2.75) is 33.2 Å². The van der Waals surface area contributed by atoms with Gasteiger partial charge in [-0.2, -0.15) is 0 Å². The van der Waals surface area contributed by atoms with E-state index < -0.39 is 0 Å². The third-order valence-electron chi connectivity index (χ3n) is 4.92. The minimum atomic E-state index is -0.143. The number of amides is 1. The Morgan fingerprint density at radius 2 is 2.04 bits per heavy atom. The van der Waals surface area contributed by atoms with Crippen molar-refractivity contribution >= 4 is 16.9 Å². The summed E-state index contributed by atoms with van der Waals surface area (Å²) in [6, 6.07) is 14.3. The quantitative estimate of drug-likeness (QED) is 0.453. The molecule has 0 aliphatic carbocycles. The lowest BCUT2D eigenvalue weighted by atomic mass is 10.1. The van der Waals surface area contributed by atoms with Crippen molar-refractivity contribution in [1.82, 2.24) is 14.9 Å². The van der Waals surface area contributed by atoms with Gasteiger partial charge in [0.15, 0.2) is 0 Å². The van der Waals surface area contributed by atoms with Gasteiger partial charge >= 0.3 is 0 Å². The van der Waals surface area contributed by atoms with Crippen molar-refractivity contribution in [3.8, 4) is 5.75 Å². The number of imidazole rings is 1. The molecule has 0 saturated heterocycles. The normalized spacial score (nSPS) is 10.8. The molecule has 3 aromatic rings. The number of benzene rings is 2. The van der Waals surface area contributed by atoms with Crippen LogP contribution in [0, 0.1) is 13.8 Å². The first-order valence-electron chi connectivity index (χ1n) is 9.63. The standard InChI is InChI=1S/C23H27N3O2/c1-4-23(27)24-14-8-13-22-25-19-10-5-6-11-20(19)26(22)15-16-28-21-12-7-9-17(2)18(21)3/h4-7,9-12H,1,8,13-16H2,2-3H3,(H,24,27). The lowest BCUT2D eigenvalue weighted by Gasteiger charge is -2.13. The van der Waals surface area contributed by atoms with Crippen LogP contribution < -0.4 is 10.1 Å². The maximum absolute atomic E-state index is 11.3. The van der Waals surface area contributed by atoms with E-state index >= 15 is 0 Å². The molecular formula is C23H27N3O2. The monoisotopic (exact) mass is 377 g/mol. The van der Waals surface area contributed by atoms with Gasteiger partial charge in [-0.15, -0.1) is 0 Å². The van der Waals surface area contributed by atoms with Crippen LogP contribution in [-0.4, -0.2) is 28.6 Å². The Hall–Kier alpha value is -3.08. The number of rotatable bonds is 9. The fourth-order valence-electron chi connectivity index (χ4n) is 3.22. The molecule has 0 fully saturated rings. The molecule has 5 heteroatoms. The van der Waals surface area contributed by atoms with Crippen LogP contribution in [0.25, 0.3) is 11.0 Å². The molecule has 0 aliphatic rings. The first-order valence-corrected chi connectivity index (χ1v) is 9.63. The Bertz CT molecular complexity index is 975. The minimum absolute atomic E-state index is 0.143. The number of aryl methyl sites for hydroxylation is 2. The summed E-state index contributed by atoms with van der Waals surface area (Å²) >= 11 is 0. The average molecular weight is 377 g/mol. The number of ether oxygens (including phenoxy) is 1. The number of carbonyl (C=O) groups is 1. The highest BCUT2D eigenvalue weighted by Gasteiger charge is 2.11. The molecule has 1 heterocycles. The second-order valence-electron chi connectivity index (χ2n) is 6.81. The zero-order valence-corrected chi connectivity index (χ0v) is 16.6. The molecule has 28 heavy (non-hydrogen) atoms. The van der Waals surface area contributed by atoms with Gasteiger partial charge in [-0.3, -0.25) is 4.79 Å². The molecule has 1 N–H and O–H groups in total. The van der Waals surface area contributed by atoms with Crippen LogP contribution in [0.4, 0.5) is 0 Å². The predicted molar refractivity (Wildman–Crippen MR) is 113 cm³/mol. The van der Waals surface area contributed by atoms with Crippen LogP contribution in [-0.2, 0) is 17.8 Å². The molecule has 1 aromatic heterocycles. The second kappa shape index (κ2) is 9.22. The molecule has 0 bridgehead atoms. The number of hydrogen-bond donors (Lipinski definition) is 1. The van der Waals surface area contributed by atoms with Gasteiger partial charge in [0.25, 0.3) is 0 Å². The maximum Gasteiger partial charge on any atom is 0.243 e. The summed E-state index contributed by atoms with van der Waals surface area (Å²) in [5.41, 5.74) is 4.50. The molecule has 1 amide bonds. The summed E-state index contributed by atoms with van der Waals surface area (Å²) in [6.07, 6.45) is 2.90. The van der Waals surface area contributed by atoms with Gasteiger partial charge in [0.05, 0.1) is 17.6 Å². The molecule has 3 rings (SSSR count). The first kappa shape index (κ1) is 19.7. The van der Waals surface area contributed by atoms with E-state index in [1.165, 1.54) is 17.2 Å². The minimum Gasteiger partial charge on any atom is -0.491 e. The Morgan fingerprint density at radius 1 is 1.21 bits per heavy atom. The van der Waals surface area contributed by atoms with Crippen LogP contribution in [0.1, 0.15) is 23.4 Å². The van der Waals surface area contributed by atoms with Crippen LogP contribution in [0.15, 0.2) is 55.1 Å². The Labute approximate surface area is 166 Å². The Morgan fingerprint density at radius 3 is 2.86 bits per heavy atom. The summed E-state index contributed by atoms with van der Waals surface area (Å²) in [7, 11) is 0. The number of nitrogens with zero attached hydrogens (tertiary/aromatic N) is 2. The van der Waals surface area contributed by atoms with Gasteiger partial charge in [0, 0.05) is 13.0 Å². The van der Waals surface area contributed by atoms with Crippen LogP contribution in [0.5, 0.6) is 5.75 Å². The smallest absolute Gasteiger partial charge is 0.243 e. The fraction of sp³-hybridized carbons (Fsp3) is 0.304. The molecule has 0 unspecified atom stereocenters. The van der Waals surface area contributed by atoms with Crippen molar-refractivity contribution in [3.05, 3.63) is 72.1 Å². The molecule has 0 radical (unpaired) electrons. The second-order valence-corrected chi connectivity index (χ2v) is 6.81. The highest BCUT2D eigenvalue weighted by atomic mass is 16.5. The van der Waals surface area contributed by atoms with Crippen molar-refractivity contribution in [3.63, 3.8) is 0 Å². The number of nitrogens with one attached hydrogen (secondary N) is 1. The predicted octanol–water partition coefficient (Wildman–Crippen LogP) is 3.97. The summed E-state index contributed by atoms with van der Waals surface area (Å²) in [4.78, 5) is 16.1. The maximum atomic E-state index is 11.3. The summed E-state index contributed by atoms with van der Waals surface area (Å²) < 4.78 is 8.27. The SMILES string of the molecule is C=CC(=O)NCCCc1nc2ccccc2n1CCOc1cccc(C)c1C. The average Bonchev–Trinajstić information content (AvgIpc) is 3.06. The van der Waals surface area contributed by atoms with Gasteiger partial charge in [-0.05, 0) is 55.7 Å². The Kier molecular flexibility index (Phi) is 6.48. The third kappa shape index (κ3) is 4.60. The Balaban J connectivity index is 1.69. The lowest BCUT2D eigenvalue weighted by molar-refractivity contribution is -0.116. The topological polar surface area (TPSA) is 56.2 Å². The van der Waals surface area contributed by atoms with Crippen LogP contribution in [0.2, 0.25) is 0 Å². The molecule has 2 aromatic carbocycles. The summed E-state index contributed by atoms with van der Waals surface area (Å²) in [5.74, 6) is 1.80. The van der Waals surface area contributed by atoms with E-state index in [9.17, 15) is 4.79 Å². The number of para-hydroxylation sites is 2. The van der Waals surface area contributed by atoms with Gasteiger partial charge in [-0.1, -0.05) is 30.8 Å². The summed E-state index contributed by atoms with van der Waals surface area (Å²) in [5, 5.41) is 2.81. The molecule has 0 atom stereocenters. The van der Waals surface area contributed by atoms with E-state index in [2.05, 4.69) is 42.4 Å². The van der Waals surface area contributed by atoms with E-state index in [0.29, 0.717) is 13.2 Å². The fourth-order valence-corrected chi connectivity index (χ4v) is 3.22. The molecule has 0 aliphatic heterocycles. The van der Waals surface area contributed by atoms with E-state index in [1.54, 1.807) is 0 Å². The van der Waals surface area contributed by atoms with E-state index in [-0.39, 0.29) is 5.91 Å². The van der Waals surface area contributed by atoms with Crippen molar-refractivity contribution in [2.24, 2.45) is 0 Å². The van der Waals surface area contributed by atoms with Gasteiger partial charge in [0.2, 0.25) is 5.91 Å². The number of aromatic nitrogens is 2. The van der Waals surface area contributed by atoms with Crippen LogP contribution in [0.3, 0.4) is 0 Å². The highest BCUT2D eigenvalue weighted by molar-refractivity contribution is 5.86. The van der Waals surface area contributed by atoms with E-state index in [4.69, 9.17) is 9.72 Å². The van der Waals surface area contributed by atoms with Gasteiger partial charge < -0.3 is 14.6 Å². The van der Waals surface area contributed by atoms with Crippen molar-refractivity contribution in [1.29, 1.82) is 0 Å². The van der Waals surface area contributed by atoms with Gasteiger partial charge in [0.1, 0.15) is 18.2 Å². The zero-order chi connectivity index (χ0) is 19.9. The van der Waals surface area contributed by atoms with Crippen molar-refractivity contribution < 1.29 is 9.53 Å². The first-order chi connectivity index (χ1) is 13.6. The van der Waals surface area contributed by atoms with E-state index in [0.717, 1.165) is 42.0 Å². The number of carbonyl (C=O) groups excluding carboxylic acids is 1. The highest BCUT2D eigenvalue weighted by Crippen LogP contribution is 2.21. The number of hydrogen-bond acceptors (Lipinski definition) is 3. The molecule has 146 valence electrons.